The Hall–Kier alpha value is -2.17. The van der Waals surface area contributed by atoms with Crippen LogP contribution in [0.5, 0.6) is 0 Å². The number of aryl methyl sites for hydroxylation is 1. The summed E-state index contributed by atoms with van der Waals surface area (Å²) in [6, 6.07) is 14.0. The summed E-state index contributed by atoms with van der Waals surface area (Å²) in [7, 11) is 0. The van der Waals surface area contributed by atoms with Gasteiger partial charge < -0.3 is 0 Å². The van der Waals surface area contributed by atoms with Crippen LogP contribution in [-0.2, 0) is 0 Å². The normalized spacial score (nSPS) is 12.8. The second-order valence-corrected chi connectivity index (χ2v) is 4.89. The van der Waals surface area contributed by atoms with Crippen LogP contribution in [0.3, 0.4) is 0 Å². The monoisotopic (exact) mass is 312 g/mol. The van der Waals surface area contributed by atoms with Gasteiger partial charge >= 0.3 is 12.1 Å². The molecule has 0 nitrogen and oxygen atoms in total. The lowest BCUT2D eigenvalue weighted by Crippen LogP contribution is -2.33. The molecule has 0 spiro atoms. The Labute approximate surface area is 124 Å². The van der Waals surface area contributed by atoms with Gasteiger partial charge in [-0.3, -0.25) is 0 Å². The van der Waals surface area contributed by atoms with Crippen molar-refractivity contribution in [1.82, 2.24) is 0 Å². The molecule has 0 radical (unpaired) electrons. The maximum Gasteiger partial charge on any atom is 0.457 e. The first-order valence-corrected chi connectivity index (χ1v) is 6.50. The van der Waals surface area contributed by atoms with Crippen LogP contribution in [0, 0.1) is 6.92 Å². The molecule has 116 valence electrons. The molecule has 0 N–H and O–H groups in total. The van der Waals surface area contributed by atoms with Gasteiger partial charge in [-0.1, -0.05) is 54.6 Å². The second kappa shape index (κ2) is 5.91. The molecule has 0 heterocycles. The molecule has 0 aromatic heterocycles. The topological polar surface area (TPSA) is 0 Å². The zero-order chi connectivity index (χ0) is 16.4. The van der Waals surface area contributed by atoms with Crippen molar-refractivity contribution < 1.29 is 22.0 Å². The van der Waals surface area contributed by atoms with Crippen molar-refractivity contribution in [3.63, 3.8) is 0 Å². The van der Waals surface area contributed by atoms with Gasteiger partial charge in [0.2, 0.25) is 0 Å². The van der Waals surface area contributed by atoms with Gasteiger partial charge in [0, 0.05) is 0 Å². The molecule has 2 rings (SSSR count). The van der Waals surface area contributed by atoms with E-state index >= 15 is 0 Å². The predicted molar refractivity (Wildman–Crippen MR) is 76.7 cm³/mol. The van der Waals surface area contributed by atoms with Crippen LogP contribution < -0.4 is 0 Å². The molecule has 2 aromatic rings. The summed E-state index contributed by atoms with van der Waals surface area (Å²) in [5.41, 5.74) is 3.19. The maximum absolute atomic E-state index is 12.8. The molecule has 0 saturated carbocycles. The molecule has 0 aliphatic rings. The molecule has 0 bridgehead atoms. The number of hydrogen-bond donors (Lipinski definition) is 0. The van der Waals surface area contributed by atoms with Crippen LogP contribution in [0.25, 0.3) is 17.2 Å². The van der Waals surface area contributed by atoms with E-state index in [2.05, 4.69) is 0 Å². The molecular weight excluding hydrogens is 299 g/mol. The molecule has 0 unspecified atom stereocenters. The van der Waals surface area contributed by atoms with Gasteiger partial charge in [-0.25, -0.2) is 0 Å². The van der Waals surface area contributed by atoms with E-state index in [0.717, 1.165) is 22.8 Å². The van der Waals surface area contributed by atoms with Crippen molar-refractivity contribution in [3.8, 4) is 11.1 Å². The van der Waals surface area contributed by atoms with E-state index in [1.54, 1.807) is 12.1 Å². The number of benzene rings is 2. The Morgan fingerprint density at radius 1 is 0.818 bits per heavy atom. The SMILES string of the molecule is Cc1ccccc1-c1ccc(C=CC(F)(F)C(F)(F)F)cc1. The highest BCUT2D eigenvalue weighted by atomic mass is 19.4. The molecule has 0 atom stereocenters. The molecule has 0 saturated heterocycles. The Morgan fingerprint density at radius 3 is 1.95 bits per heavy atom. The highest BCUT2D eigenvalue weighted by Gasteiger charge is 2.55. The minimum absolute atomic E-state index is 0.129. The Morgan fingerprint density at radius 2 is 1.41 bits per heavy atom. The lowest BCUT2D eigenvalue weighted by Gasteiger charge is -2.15. The number of hydrogen-bond acceptors (Lipinski definition) is 0. The fourth-order valence-corrected chi connectivity index (χ4v) is 1.97. The first kappa shape index (κ1) is 16.2. The summed E-state index contributed by atoms with van der Waals surface area (Å²) >= 11 is 0. The van der Waals surface area contributed by atoms with Gasteiger partial charge in [0.05, 0.1) is 0 Å². The Bertz CT molecular complexity index is 666. The van der Waals surface area contributed by atoms with Crippen LogP contribution >= 0.6 is 0 Å². The highest BCUT2D eigenvalue weighted by Crippen LogP contribution is 2.37. The van der Waals surface area contributed by atoms with Gasteiger partial charge in [-0.15, -0.1) is 0 Å². The molecule has 0 aliphatic carbocycles. The minimum Gasteiger partial charge on any atom is -0.191 e. The third-order valence-corrected chi connectivity index (χ3v) is 3.23. The number of halogens is 5. The summed E-state index contributed by atoms with van der Waals surface area (Å²) in [6.07, 6.45) is -4.94. The van der Waals surface area contributed by atoms with E-state index < -0.39 is 12.1 Å². The molecule has 2 aromatic carbocycles. The van der Waals surface area contributed by atoms with Gasteiger partial charge in [-0.2, -0.15) is 22.0 Å². The molecule has 5 heteroatoms. The van der Waals surface area contributed by atoms with Gasteiger partial charge in [0.25, 0.3) is 0 Å². The van der Waals surface area contributed by atoms with Gasteiger partial charge in [0.1, 0.15) is 0 Å². The number of alkyl halides is 5. The van der Waals surface area contributed by atoms with E-state index in [9.17, 15) is 22.0 Å². The van der Waals surface area contributed by atoms with Crippen LogP contribution in [0.2, 0.25) is 0 Å². The van der Waals surface area contributed by atoms with Crippen LogP contribution in [0.15, 0.2) is 54.6 Å². The highest BCUT2D eigenvalue weighted by molar-refractivity contribution is 5.68. The van der Waals surface area contributed by atoms with Crippen molar-refractivity contribution in [2.45, 2.75) is 19.0 Å². The van der Waals surface area contributed by atoms with Gasteiger partial charge in [0.15, 0.2) is 0 Å². The zero-order valence-electron chi connectivity index (χ0n) is 11.7. The zero-order valence-corrected chi connectivity index (χ0v) is 11.7. The largest absolute Gasteiger partial charge is 0.457 e. The molecule has 22 heavy (non-hydrogen) atoms. The average Bonchev–Trinajstić information content (AvgIpc) is 2.45. The summed E-state index contributed by atoms with van der Waals surface area (Å²) in [5.74, 6) is -4.83. The summed E-state index contributed by atoms with van der Waals surface area (Å²) < 4.78 is 61.8. The van der Waals surface area contributed by atoms with E-state index in [1.165, 1.54) is 12.1 Å². The fraction of sp³-hybridized carbons (Fsp3) is 0.176. The number of allylic oxidation sites excluding steroid dienone is 1. The molecule has 0 fully saturated rings. The van der Waals surface area contributed by atoms with Crippen molar-refractivity contribution in [3.05, 3.63) is 65.7 Å². The predicted octanol–water partition coefficient (Wildman–Crippen LogP) is 5.87. The maximum atomic E-state index is 12.8. The minimum atomic E-state index is -5.58. The van der Waals surface area contributed by atoms with Crippen molar-refractivity contribution >= 4 is 6.08 Å². The molecular formula is C17H13F5. The quantitative estimate of drug-likeness (QED) is 0.621. The Kier molecular flexibility index (Phi) is 4.35. The molecule has 0 amide bonds. The van der Waals surface area contributed by atoms with Crippen LogP contribution in [0.1, 0.15) is 11.1 Å². The van der Waals surface area contributed by atoms with E-state index in [0.29, 0.717) is 0 Å². The van der Waals surface area contributed by atoms with Crippen LogP contribution in [-0.4, -0.2) is 12.1 Å². The van der Waals surface area contributed by atoms with Gasteiger partial charge in [-0.05, 0) is 35.3 Å². The van der Waals surface area contributed by atoms with E-state index in [1.807, 2.05) is 31.2 Å². The molecule has 0 aliphatic heterocycles. The summed E-state index contributed by atoms with van der Waals surface area (Å²) in [4.78, 5) is 0. The number of rotatable bonds is 3. The lowest BCUT2D eigenvalue weighted by atomic mass is 9.99. The fourth-order valence-electron chi connectivity index (χ4n) is 1.97. The smallest absolute Gasteiger partial charge is 0.191 e. The Balaban J connectivity index is 2.22. The first-order valence-electron chi connectivity index (χ1n) is 6.50. The third-order valence-electron chi connectivity index (χ3n) is 3.23. The van der Waals surface area contributed by atoms with Crippen molar-refractivity contribution in [2.75, 3.05) is 0 Å². The van der Waals surface area contributed by atoms with Crippen LogP contribution in [0.4, 0.5) is 22.0 Å². The average molecular weight is 312 g/mol. The third kappa shape index (κ3) is 3.53. The van der Waals surface area contributed by atoms with Crippen molar-refractivity contribution in [2.24, 2.45) is 0 Å². The van der Waals surface area contributed by atoms with Crippen molar-refractivity contribution in [1.29, 1.82) is 0 Å². The lowest BCUT2D eigenvalue weighted by molar-refractivity contribution is -0.258. The summed E-state index contributed by atoms with van der Waals surface area (Å²) in [6.45, 7) is 1.94. The standard InChI is InChI=1S/C17H13F5/c1-12-4-2-3-5-15(12)14-8-6-13(7-9-14)10-11-16(18,19)17(20,21)22/h2-11H,1H3. The first-order chi connectivity index (χ1) is 10.2. The summed E-state index contributed by atoms with van der Waals surface area (Å²) in [5, 5.41) is 0. The second-order valence-electron chi connectivity index (χ2n) is 4.89. The van der Waals surface area contributed by atoms with E-state index in [-0.39, 0.29) is 11.6 Å². The van der Waals surface area contributed by atoms with E-state index in [4.69, 9.17) is 0 Å².